The van der Waals surface area contributed by atoms with Crippen LogP contribution in [0.15, 0.2) is 199 Å². The lowest BCUT2D eigenvalue weighted by Gasteiger charge is -2.20. The SMILES string of the molecule is c1ccc(-c2ccccc2-c2c3ccccc3c(-c3cccc(-c4cccc(-c5cccc6c5oc5ccccc56)c4)c3)c3ccccc23)cc1. The van der Waals surface area contributed by atoms with Crippen molar-refractivity contribution >= 4 is 43.5 Å². The normalized spacial score (nSPS) is 11.5. The summed E-state index contributed by atoms with van der Waals surface area (Å²) in [5.74, 6) is 0. The van der Waals surface area contributed by atoms with E-state index in [1.807, 2.05) is 12.1 Å². The second-order valence-corrected chi connectivity index (χ2v) is 13.2. The molecular formula is C50H32O. The molecule has 0 aliphatic carbocycles. The van der Waals surface area contributed by atoms with Crippen LogP contribution in [0.1, 0.15) is 0 Å². The zero-order chi connectivity index (χ0) is 33.7. The number of hydrogen-bond acceptors (Lipinski definition) is 1. The largest absolute Gasteiger partial charge is 0.455 e. The van der Waals surface area contributed by atoms with Crippen LogP contribution in [0.4, 0.5) is 0 Å². The summed E-state index contributed by atoms with van der Waals surface area (Å²) in [5.41, 5.74) is 13.9. The minimum absolute atomic E-state index is 0.915. The molecule has 0 atom stereocenters. The Kier molecular flexibility index (Phi) is 6.89. The Morgan fingerprint density at radius 1 is 0.255 bits per heavy atom. The number of benzene rings is 9. The van der Waals surface area contributed by atoms with Gasteiger partial charge in [0.25, 0.3) is 0 Å². The van der Waals surface area contributed by atoms with Crippen LogP contribution in [-0.4, -0.2) is 0 Å². The van der Waals surface area contributed by atoms with E-state index >= 15 is 0 Å². The zero-order valence-corrected chi connectivity index (χ0v) is 27.9. The van der Waals surface area contributed by atoms with E-state index in [9.17, 15) is 0 Å². The third-order valence-electron chi connectivity index (χ3n) is 10.3. The lowest BCUT2D eigenvalue weighted by molar-refractivity contribution is 0.670. The van der Waals surface area contributed by atoms with Crippen molar-refractivity contribution in [1.82, 2.24) is 0 Å². The molecule has 0 N–H and O–H groups in total. The molecule has 0 bridgehead atoms. The predicted molar refractivity (Wildman–Crippen MR) is 216 cm³/mol. The summed E-state index contributed by atoms with van der Waals surface area (Å²) in [6.45, 7) is 0. The summed E-state index contributed by atoms with van der Waals surface area (Å²) in [6.07, 6.45) is 0. The van der Waals surface area contributed by atoms with E-state index in [0.29, 0.717) is 0 Å². The molecule has 51 heavy (non-hydrogen) atoms. The van der Waals surface area contributed by atoms with Crippen molar-refractivity contribution < 1.29 is 4.42 Å². The van der Waals surface area contributed by atoms with Gasteiger partial charge in [0.2, 0.25) is 0 Å². The number of hydrogen-bond donors (Lipinski definition) is 0. The van der Waals surface area contributed by atoms with Crippen LogP contribution in [0, 0.1) is 0 Å². The van der Waals surface area contributed by atoms with E-state index in [1.165, 1.54) is 66.1 Å². The van der Waals surface area contributed by atoms with Crippen molar-refractivity contribution in [3.8, 4) is 55.6 Å². The quantitative estimate of drug-likeness (QED) is 0.169. The first-order valence-electron chi connectivity index (χ1n) is 17.5. The minimum atomic E-state index is 0.915. The highest BCUT2D eigenvalue weighted by atomic mass is 16.3. The van der Waals surface area contributed by atoms with Gasteiger partial charge in [-0.3, -0.25) is 0 Å². The van der Waals surface area contributed by atoms with Gasteiger partial charge in [-0.15, -0.1) is 0 Å². The first kappa shape index (κ1) is 29.2. The Morgan fingerprint density at radius 3 is 1.41 bits per heavy atom. The molecule has 0 amide bonds. The van der Waals surface area contributed by atoms with Gasteiger partial charge in [0, 0.05) is 16.3 Å². The molecule has 0 aliphatic rings. The number of para-hydroxylation sites is 2. The van der Waals surface area contributed by atoms with E-state index in [1.54, 1.807) is 0 Å². The van der Waals surface area contributed by atoms with Gasteiger partial charge in [0.1, 0.15) is 11.2 Å². The van der Waals surface area contributed by atoms with Crippen molar-refractivity contribution in [1.29, 1.82) is 0 Å². The van der Waals surface area contributed by atoms with Gasteiger partial charge >= 0.3 is 0 Å². The molecule has 1 nitrogen and oxygen atoms in total. The van der Waals surface area contributed by atoms with E-state index in [2.05, 4.69) is 182 Å². The standard InChI is InChI=1S/C50H32O/c1-2-15-33(16-3-1)38-21-4-5-23-41(38)49-44-26-8-6-24-42(44)48(43-25-7-9-27-45(43)49)37-20-13-18-35(32-37)34-17-12-19-36(31-34)39-28-14-29-46-40-22-10-11-30-47(40)51-50(39)46/h1-32H. The molecule has 0 spiro atoms. The second-order valence-electron chi connectivity index (χ2n) is 13.2. The second kappa shape index (κ2) is 12.0. The van der Waals surface area contributed by atoms with Crippen molar-refractivity contribution in [3.05, 3.63) is 194 Å². The molecule has 9 aromatic carbocycles. The maximum Gasteiger partial charge on any atom is 0.143 e. The third kappa shape index (κ3) is 4.86. The highest BCUT2D eigenvalue weighted by molar-refractivity contribution is 6.22. The summed E-state index contributed by atoms with van der Waals surface area (Å²) >= 11 is 0. The molecule has 0 aliphatic heterocycles. The lowest BCUT2D eigenvalue weighted by Crippen LogP contribution is -1.93. The van der Waals surface area contributed by atoms with Crippen LogP contribution in [0.2, 0.25) is 0 Å². The minimum Gasteiger partial charge on any atom is -0.455 e. The zero-order valence-electron chi connectivity index (χ0n) is 27.9. The Bertz CT molecular complexity index is 2850. The predicted octanol–water partition coefficient (Wildman–Crippen LogP) is 14.2. The first-order chi connectivity index (χ1) is 25.3. The van der Waals surface area contributed by atoms with Crippen LogP contribution in [0.3, 0.4) is 0 Å². The summed E-state index contributed by atoms with van der Waals surface area (Å²) < 4.78 is 6.42. The Morgan fingerprint density at radius 2 is 0.706 bits per heavy atom. The van der Waals surface area contributed by atoms with Gasteiger partial charge in [-0.25, -0.2) is 0 Å². The third-order valence-corrected chi connectivity index (χ3v) is 10.3. The van der Waals surface area contributed by atoms with Crippen molar-refractivity contribution in [2.75, 3.05) is 0 Å². The van der Waals surface area contributed by atoms with E-state index < -0.39 is 0 Å². The van der Waals surface area contributed by atoms with Crippen LogP contribution in [-0.2, 0) is 0 Å². The Labute approximate surface area is 296 Å². The maximum atomic E-state index is 6.42. The van der Waals surface area contributed by atoms with Crippen LogP contribution < -0.4 is 0 Å². The lowest BCUT2D eigenvalue weighted by atomic mass is 9.83. The fraction of sp³-hybridized carbons (Fsp3) is 0. The summed E-state index contributed by atoms with van der Waals surface area (Å²) in [6, 6.07) is 69.9. The number of rotatable bonds is 5. The van der Waals surface area contributed by atoms with Crippen molar-refractivity contribution in [3.63, 3.8) is 0 Å². The van der Waals surface area contributed by atoms with Crippen LogP contribution in [0.5, 0.6) is 0 Å². The van der Waals surface area contributed by atoms with Crippen molar-refractivity contribution in [2.45, 2.75) is 0 Å². The molecule has 10 aromatic rings. The monoisotopic (exact) mass is 648 g/mol. The molecule has 1 aromatic heterocycles. The molecule has 1 heteroatoms. The average molecular weight is 649 g/mol. The summed E-state index contributed by atoms with van der Waals surface area (Å²) in [5, 5.41) is 7.28. The van der Waals surface area contributed by atoms with Crippen LogP contribution >= 0.6 is 0 Å². The molecule has 10 rings (SSSR count). The molecule has 0 fully saturated rings. The van der Waals surface area contributed by atoms with Gasteiger partial charge in [-0.1, -0.05) is 176 Å². The Hall–Kier alpha value is -6.70. The topological polar surface area (TPSA) is 13.1 Å². The molecule has 0 saturated heterocycles. The van der Waals surface area contributed by atoms with E-state index in [0.717, 1.165) is 33.1 Å². The van der Waals surface area contributed by atoms with Gasteiger partial charge in [-0.2, -0.15) is 0 Å². The number of fused-ring (bicyclic) bond motifs is 5. The summed E-state index contributed by atoms with van der Waals surface area (Å²) in [7, 11) is 0. The smallest absolute Gasteiger partial charge is 0.143 e. The molecule has 238 valence electrons. The highest BCUT2D eigenvalue weighted by Crippen LogP contribution is 2.46. The van der Waals surface area contributed by atoms with Gasteiger partial charge in [0.05, 0.1) is 0 Å². The van der Waals surface area contributed by atoms with Gasteiger partial charge in [0.15, 0.2) is 0 Å². The van der Waals surface area contributed by atoms with Crippen molar-refractivity contribution in [2.24, 2.45) is 0 Å². The van der Waals surface area contributed by atoms with E-state index in [-0.39, 0.29) is 0 Å². The molecule has 0 radical (unpaired) electrons. The molecular weight excluding hydrogens is 617 g/mol. The fourth-order valence-electron chi connectivity index (χ4n) is 8.00. The first-order valence-corrected chi connectivity index (χ1v) is 17.5. The fourth-order valence-corrected chi connectivity index (χ4v) is 8.00. The molecule has 0 unspecified atom stereocenters. The highest BCUT2D eigenvalue weighted by Gasteiger charge is 2.19. The average Bonchev–Trinajstić information content (AvgIpc) is 3.59. The van der Waals surface area contributed by atoms with Gasteiger partial charge in [-0.05, 0) is 89.8 Å². The van der Waals surface area contributed by atoms with E-state index in [4.69, 9.17) is 4.42 Å². The van der Waals surface area contributed by atoms with Crippen LogP contribution in [0.25, 0.3) is 99.1 Å². The van der Waals surface area contributed by atoms with Gasteiger partial charge < -0.3 is 4.42 Å². The Balaban J connectivity index is 1.15. The number of furan rings is 1. The molecule has 1 heterocycles. The molecule has 0 saturated carbocycles. The maximum absolute atomic E-state index is 6.42. The summed E-state index contributed by atoms with van der Waals surface area (Å²) in [4.78, 5) is 0.